The van der Waals surface area contributed by atoms with Gasteiger partial charge in [0.1, 0.15) is 5.82 Å². The Kier molecular flexibility index (Phi) is 2.64. The van der Waals surface area contributed by atoms with Crippen molar-refractivity contribution in [2.45, 2.75) is 33.1 Å². The van der Waals surface area contributed by atoms with Gasteiger partial charge >= 0.3 is 0 Å². The summed E-state index contributed by atoms with van der Waals surface area (Å²) in [5.74, 6) is -0.158. The predicted octanol–water partition coefficient (Wildman–Crippen LogP) is 4.42. The monoisotopic (exact) mass is 204 g/mol. The number of hydrogen-bond donors (Lipinski definition) is 0. The third-order valence-corrected chi connectivity index (χ3v) is 3.10. The number of rotatable bonds is 1. The molecule has 1 aliphatic rings. The minimum Gasteiger partial charge on any atom is -0.207 e. The zero-order chi connectivity index (χ0) is 10.9. The van der Waals surface area contributed by atoms with Crippen LogP contribution in [0.5, 0.6) is 0 Å². The number of halogens is 1. The Balaban J connectivity index is 2.24. The van der Waals surface area contributed by atoms with Gasteiger partial charge in [0.2, 0.25) is 0 Å². The van der Waals surface area contributed by atoms with Crippen LogP contribution in [-0.2, 0) is 0 Å². The average molecular weight is 204 g/mol. The van der Waals surface area contributed by atoms with Crippen LogP contribution in [0.3, 0.4) is 0 Å². The van der Waals surface area contributed by atoms with E-state index in [2.05, 4.69) is 19.9 Å². The minimum absolute atomic E-state index is 0.158. The van der Waals surface area contributed by atoms with Gasteiger partial charge in [0.15, 0.2) is 0 Å². The molecule has 1 aromatic rings. The first-order chi connectivity index (χ1) is 7.07. The highest BCUT2D eigenvalue weighted by Crippen LogP contribution is 2.39. The van der Waals surface area contributed by atoms with E-state index in [9.17, 15) is 4.39 Å². The van der Waals surface area contributed by atoms with Gasteiger partial charge in [0.25, 0.3) is 0 Å². The van der Waals surface area contributed by atoms with Crippen LogP contribution in [0.1, 0.15) is 38.7 Å². The molecule has 0 saturated heterocycles. The van der Waals surface area contributed by atoms with E-state index in [1.807, 2.05) is 12.1 Å². The standard InChI is InChI=1S/C14H17F/c1-14(2)9-3-4-12(10-14)11-5-7-13(15)8-6-11/h4-8H,3,9-10H2,1-2H3. The van der Waals surface area contributed by atoms with Gasteiger partial charge < -0.3 is 0 Å². The first-order valence-corrected chi connectivity index (χ1v) is 5.52. The Labute approximate surface area is 90.8 Å². The van der Waals surface area contributed by atoms with Crippen molar-refractivity contribution in [2.24, 2.45) is 5.41 Å². The lowest BCUT2D eigenvalue weighted by Crippen LogP contribution is -2.15. The minimum atomic E-state index is -0.158. The van der Waals surface area contributed by atoms with E-state index in [-0.39, 0.29) is 5.82 Å². The molecule has 0 saturated carbocycles. The number of benzene rings is 1. The molecule has 80 valence electrons. The lowest BCUT2D eigenvalue weighted by molar-refractivity contribution is 0.338. The normalized spacial score (nSPS) is 19.8. The Bertz CT molecular complexity index is 371. The Morgan fingerprint density at radius 3 is 2.40 bits per heavy atom. The van der Waals surface area contributed by atoms with Gasteiger partial charge in [0.05, 0.1) is 0 Å². The summed E-state index contributed by atoms with van der Waals surface area (Å²) in [6.45, 7) is 4.59. The molecule has 1 heteroatoms. The van der Waals surface area contributed by atoms with Gasteiger partial charge in [-0.2, -0.15) is 0 Å². The quantitative estimate of drug-likeness (QED) is 0.635. The third-order valence-electron chi connectivity index (χ3n) is 3.10. The third kappa shape index (κ3) is 2.47. The molecule has 0 spiro atoms. The largest absolute Gasteiger partial charge is 0.207 e. The van der Waals surface area contributed by atoms with E-state index in [0.717, 1.165) is 12.8 Å². The van der Waals surface area contributed by atoms with Crippen LogP contribution >= 0.6 is 0 Å². The highest BCUT2D eigenvalue weighted by Gasteiger charge is 2.23. The lowest BCUT2D eigenvalue weighted by atomic mass is 9.76. The fourth-order valence-corrected chi connectivity index (χ4v) is 2.20. The summed E-state index contributed by atoms with van der Waals surface area (Å²) in [5, 5.41) is 0. The second kappa shape index (κ2) is 3.80. The molecule has 0 unspecified atom stereocenters. The molecule has 0 nitrogen and oxygen atoms in total. The van der Waals surface area contributed by atoms with E-state index < -0.39 is 0 Å². The van der Waals surface area contributed by atoms with Crippen molar-refractivity contribution in [3.05, 3.63) is 41.7 Å². The highest BCUT2D eigenvalue weighted by atomic mass is 19.1. The summed E-state index contributed by atoms with van der Waals surface area (Å²) in [6.07, 6.45) is 5.77. The van der Waals surface area contributed by atoms with Crippen molar-refractivity contribution in [2.75, 3.05) is 0 Å². The van der Waals surface area contributed by atoms with Crippen molar-refractivity contribution in [3.63, 3.8) is 0 Å². The molecule has 0 bridgehead atoms. The van der Waals surface area contributed by atoms with Crippen LogP contribution < -0.4 is 0 Å². The van der Waals surface area contributed by atoms with Crippen molar-refractivity contribution in [3.8, 4) is 0 Å². The lowest BCUT2D eigenvalue weighted by Gasteiger charge is -2.29. The molecule has 2 rings (SSSR count). The van der Waals surface area contributed by atoms with E-state index in [0.29, 0.717) is 5.41 Å². The van der Waals surface area contributed by atoms with Gasteiger partial charge in [-0.15, -0.1) is 0 Å². The van der Waals surface area contributed by atoms with Crippen LogP contribution in [0.4, 0.5) is 4.39 Å². The first-order valence-electron chi connectivity index (χ1n) is 5.52. The summed E-state index contributed by atoms with van der Waals surface area (Å²) in [5.41, 5.74) is 2.92. The van der Waals surface area contributed by atoms with Crippen molar-refractivity contribution < 1.29 is 4.39 Å². The van der Waals surface area contributed by atoms with Crippen LogP contribution in [0, 0.1) is 11.2 Å². The molecule has 1 aliphatic carbocycles. The second-order valence-electron chi connectivity index (χ2n) is 5.12. The summed E-state index contributed by atoms with van der Waals surface area (Å²) >= 11 is 0. The zero-order valence-electron chi connectivity index (χ0n) is 9.39. The topological polar surface area (TPSA) is 0 Å². The molecule has 0 aliphatic heterocycles. The van der Waals surface area contributed by atoms with E-state index >= 15 is 0 Å². The van der Waals surface area contributed by atoms with E-state index in [4.69, 9.17) is 0 Å². The van der Waals surface area contributed by atoms with Gasteiger partial charge in [-0.25, -0.2) is 4.39 Å². The molecule has 0 atom stereocenters. The summed E-state index contributed by atoms with van der Waals surface area (Å²) < 4.78 is 12.8. The maximum Gasteiger partial charge on any atom is 0.123 e. The van der Waals surface area contributed by atoms with Crippen molar-refractivity contribution in [1.29, 1.82) is 0 Å². The Hall–Kier alpha value is -1.11. The summed E-state index contributed by atoms with van der Waals surface area (Å²) in [6, 6.07) is 6.83. The van der Waals surface area contributed by atoms with Crippen LogP contribution in [0.25, 0.3) is 5.57 Å². The van der Waals surface area contributed by atoms with Gasteiger partial charge in [-0.3, -0.25) is 0 Å². The van der Waals surface area contributed by atoms with Crippen LogP contribution in [0.2, 0.25) is 0 Å². The summed E-state index contributed by atoms with van der Waals surface area (Å²) in [4.78, 5) is 0. The SMILES string of the molecule is CC1(C)CCC=C(c2ccc(F)cc2)C1. The number of hydrogen-bond acceptors (Lipinski definition) is 0. The Morgan fingerprint density at radius 1 is 1.13 bits per heavy atom. The van der Waals surface area contributed by atoms with Gasteiger partial charge in [-0.1, -0.05) is 32.1 Å². The smallest absolute Gasteiger partial charge is 0.123 e. The molecular weight excluding hydrogens is 187 g/mol. The maximum atomic E-state index is 12.8. The predicted molar refractivity (Wildman–Crippen MR) is 62.0 cm³/mol. The Morgan fingerprint density at radius 2 is 1.80 bits per heavy atom. The maximum absolute atomic E-state index is 12.8. The van der Waals surface area contributed by atoms with E-state index in [1.54, 1.807) is 0 Å². The first kappa shape index (κ1) is 10.4. The van der Waals surface area contributed by atoms with Crippen LogP contribution in [-0.4, -0.2) is 0 Å². The van der Waals surface area contributed by atoms with Crippen molar-refractivity contribution in [1.82, 2.24) is 0 Å². The molecule has 0 aromatic heterocycles. The average Bonchev–Trinajstić information content (AvgIpc) is 2.17. The van der Waals surface area contributed by atoms with Crippen molar-refractivity contribution >= 4 is 5.57 Å². The van der Waals surface area contributed by atoms with Gasteiger partial charge in [-0.05, 0) is 47.9 Å². The highest BCUT2D eigenvalue weighted by molar-refractivity contribution is 5.66. The summed E-state index contributed by atoms with van der Waals surface area (Å²) in [7, 11) is 0. The fraction of sp³-hybridized carbons (Fsp3) is 0.429. The molecular formula is C14H17F. The molecule has 0 amide bonds. The molecule has 0 fully saturated rings. The molecule has 0 N–H and O–H groups in total. The molecule has 0 heterocycles. The molecule has 0 radical (unpaired) electrons. The van der Waals surface area contributed by atoms with E-state index in [1.165, 1.54) is 29.7 Å². The zero-order valence-corrected chi connectivity index (χ0v) is 9.39. The van der Waals surface area contributed by atoms with Crippen LogP contribution in [0.15, 0.2) is 30.3 Å². The second-order valence-corrected chi connectivity index (χ2v) is 5.12. The number of allylic oxidation sites excluding steroid dienone is 2. The molecule has 1 aromatic carbocycles. The fourth-order valence-electron chi connectivity index (χ4n) is 2.20. The molecule has 15 heavy (non-hydrogen) atoms. The van der Waals surface area contributed by atoms with Gasteiger partial charge in [0, 0.05) is 0 Å².